The van der Waals surface area contributed by atoms with Crippen molar-refractivity contribution in [2.45, 2.75) is 6.17 Å². The SMILES string of the molecule is COC(=O)NC(Nc1ccccc1Cl)C(=O)c1ccccc1. The summed E-state index contributed by atoms with van der Waals surface area (Å²) in [5, 5.41) is 5.82. The minimum Gasteiger partial charge on any atom is -0.453 e. The molecule has 1 atom stereocenters. The second-order valence-corrected chi connectivity index (χ2v) is 4.83. The molecule has 2 rings (SSSR count). The van der Waals surface area contributed by atoms with Gasteiger partial charge in [0.15, 0.2) is 6.17 Å². The van der Waals surface area contributed by atoms with Crippen molar-refractivity contribution in [2.24, 2.45) is 0 Å². The molecule has 0 fully saturated rings. The Morgan fingerprint density at radius 2 is 1.68 bits per heavy atom. The summed E-state index contributed by atoms with van der Waals surface area (Å²) in [6, 6.07) is 15.6. The smallest absolute Gasteiger partial charge is 0.408 e. The van der Waals surface area contributed by atoms with Gasteiger partial charge in [-0.2, -0.15) is 0 Å². The Morgan fingerprint density at radius 3 is 2.32 bits per heavy atom. The molecular formula is C16H15ClN2O3. The third-order valence-electron chi connectivity index (χ3n) is 2.94. The number of anilines is 1. The van der Waals surface area contributed by atoms with E-state index in [4.69, 9.17) is 11.6 Å². The standard InChI is InChI=1S/C16H15ClN2O3/c1-22-16(21)19-15(14(20)11-7-3-2-4-8-11)18-13-10-6-5-9-12(13)17/h2-10,15,18H,1H3,(H,19,21). The number of ketones is 1. The second kappa shape index (κ2) is 7.47. The van der Waals surface area contributed by atoms with E-state index in [0.29, 0.717) is 16.3 Å². The Bertz CT molecular complexity index is 661. The van der Waals surface area contributed by atoms with E-state index in [-0.39, 0.29) is 5.78 Å². The van der Waals surface area contributed by atoms with Gasteiger partial charge in [-0.3, -0.25) is 10.1 Å². The van der Waals surface area contributed by atoms with Crippen LogP contribution in [0.2, 0.25) is 5.02 Å². The van der Waals surface area contributed by atoms with Gasteiger partial charge in [0.1, 0.15) is 0 Å². The lowest BCUT2D eigenvalue weighted by atomic mass is 10.1. The lowest BCUT2D eigenvalue weighted by Gasteiger charge is -2.20. The summed E-state index contributed by atoms with van der Waals surface area (Å²) in [4.78, 5) is 24.0. The molecule has 0 saturated heterocycles. The highest BCUT2D eigenvalue weighted by Crippen LogP contribution is 2.21. The molecule has 0 aliphatic carbocycles. The normalized spacial score (nSPS) is 11.4. The summed E-state index contributed by atoms with van der Waals surface area (Å²) in [5.41, 5.74) is 0.998. The van der Waals surface area contributed by atoms with Crippen LogP contribution in [0.3, 0.4) is 0 Å². The molecule has 0 aliphatic rings. The Hall–Kier alpha value is -2.53. The summed E-state index contributed by atoms with van der Waals surface area (Å²) >= 11 is 6.07. The van der Waals surface area contributed by atoms with Crippen LogP contribution in [0.4, 0.5) is 10.5 Å². The predicted molar refractivity (Wildman–Crippen MR) is 85.2 cm³/mol. The fourth-order valence-corrected chi connectivity index (χ4v) is 2.04. The van der Waals surface area contributed by atoms with E-state index in [1.165, 1.54) is 7.11 Å². The average molecular weight is 319 g/mol. The van der Waals surface area contributed by atoms with Crippen molar-refractivity contribution >= 4 is 29.2 Å². The number of rotatable bonds is 5. The van der Waals surface area contributed by atoms with E-state index in [2.05, 4.69) is 15.4 Å². The number of halogens is 1. The molecule has 0 bridgehead atoms. The molecule has 1 unspecified atom stereocenters. The first-order valence-corrected chi connectivity index (χ1v) is 6.94. The minimum absolute atomic E-state index is 0.300. The van der Waals surface area contributed by atoms with Gasteiger partial charge in [0.2, 0.25) is 5.78 Å². The Kier molecular flexibility index (Phi) is 5.38. The molecule has 0 radical (unpaired) electrons. The third kappa shape index (κ3) is 3.99. The van der Waals surface area contributed by atoms with Crippen molar-refractivity contribution < 1.29 is 14.3 Å². The van der Waals surface area contributed by atoms with Crippen LogP contribution in [0, 0.1) is 0 Å². The van der Waals surface area contributed by atoms with Gasteiger partial charge in [-0.15, -0.1) is 0 Å². The Morgan fingerprint density at radius 1 is 1.05 bits per heavy atom. The van der Waals surface area contributed by atoms with Crippen LogP contribution >= 0.6 is 11.6 Å². The Balaban J connectivity index is 2.25. The average Bonchev–Trinajstić information content (AvgIpc) is 2.56. The number of alkyl carbamates (subject to hydrolysis) is 1. The predicted octanol–water partition coefficient (Wildman–Crippen LogP) is 3.32. The molecule has 2 N–H and O–H groups in total. The summed E-state index contributed by atoms with van der Waals surface area (Å²) in [7, 11) is 1.23. The number of hydrogen-bond acceptors (Lipinski definition) is 4. The number of carbonyl (C=O) groups is 2. The first kappa shape index (κ1) is 15.9. The maximum absolute atomic E-state index is 12.5. The van der Waals surface area contributed by atoms with Crippen LogP contribution in [0.1, 0.15) is 10.4 Å². The zero-order chi connectivity index (χ0) is 15.9. The number of para-hydroxylation sites is 1. The molecular weight excluding hydrogens is 304 g/mol. The van der Waals surface area contributed by atoms with E-state index in [1.807, 2.05) is 0 Å². The maximum atomic E-state index is 12.5. The van der Waals surface area contributed by atoms with Gasteiger partial charge in [0.05, 0.1) is 17.8 Å². The number of methoxy groups -OCH3 is 1. The number of nitrogens with one attached hydrogen (secondary N) is 2. The summed E-state index contributed by atoms with van der Waals surface area (Å²) in [5.74, 6) is -0.300. The van der Waals surface area contributed by atoms with Crippen molar-refractivity contribution in [1.82, 2.24) is 5.32 Å². The highest BCUT2D eigenvalue weighted by atomic mass is 35.5. The van der Waals surface area contributed by atoms with E-state index in [1.54, 1.807) is 54.6 Å². The monoisotopic (exact) mass is 318 g/mol. The molecule has 0 aliphatic heterocycles. The summed E-state index contributed by atoms with van der Waals surface area (Å²) in [6.07, 6.45) is -1.71. The van der Waals surface area contributed by atoms with Gasteiger partial charge in [-0.05, 0) is 12.1 Å². The van der Waals surface area contributed by atoms with Crippen molar-refractivity contribution in [3.63, 3.8) is 0 Å². The molecule has 2 aromatic rings. The van der Waals surface area contributed by atoms with Crippen LogP contribution in [0.25, 0.3) is 0 Å². The second-order valence-electron chi connectivity index (χ2n) is 4.42. The lowest BCUT2D eigenvalue weighted by molar-refractivity contribution is 0.0944. The molecule has 5 nitrogen and oxygen atoms in total. The highest BCUT2D eigenvalue weighted by Gasteiger charge is 2.22. The quantitative estimate of drug-likeness (QED) is 0.655. The summed E-state index contributed by atoms with van der Waals surface area (Å²) in [6.45, 7) is 0. The van der Waals surface area contributed by atoms with Gasteiger partial charge < -0.3 is 10.1 Å². The number of benzene rings is 2. The highest BCUT2D eigenvalue weighted by molar-refractivity contribution is 6.33. The Labute approximate surface area is 133 Å². The number of hydrogen-bond donors (Lipinski definition) is 2. The van der Waals surface area contributed by atoms with Crippen LogP contribution in [0.15, 0.2) is 54.6 Å². The van der Waals surface area contributed by atoms with E-state index in [0.717, 1.165) is 0 Å². The molecule has 2 aromatic carbocycles. The topological polar surface area (TPSA) is 67.4 Å². The zero-order valence-corrected chi connectivity index (χ0v) is 12.6. The van der Waals surface area contributed by atoms with E-state index in [9.17, 15) is 9.59 Å². The third-order valence-corrected chi connectivity index (χ3v) is 3.27. The van der Waals surface area contributed by atoms with Crippen molar-refractivity contribution in [3.05, 3.63) is 65.2 Å². The van der Waals surface area contributed by atoms with Crippen LogP contribution in [-0.2, 0) is 4.74 Å². The van der Waals surface area contributed by atoms with Crippen LogP contribution in [-0.4, -0.2) is 25.2 Å². The molecule has 1 amide bonds. The fourth-order valence-electron chi connectivity index (χ4n) is 1.85. The largest absolute Gasteiger partial charge is 0.453 e. The first-order chi connectivity index (χ1) is 10.6. The van der Waals surface area contributed by atoms with Crippen LogP contribution < -0.4 is 10.6 Å². The van der Waals surface area contributed by atoms with E-state index >= 15 is 0 Å². The first-order valence-electron chi connectivity index (χ1n) is 6.56. The molecule has 0 heterocycles. The summed E-state index contributed by atoms with van der Waals surface area (Å²) < 4.78 is 4.56. The molecule has 0 aromatic heterocycles. The number of Topliss-reactive ketones (excluding diaryl/α,β-unsaturated/α-hetero) is 1. The fraction of sp³-hybridized carbons (Fsp3) is 0.125. The molecule has 6 heteroatoms. The van der Waals surface area contributed by atoms with Gasteiger partial charge >= 0.3 is 6.09 Å². The zero-order valence-electron chi connectivity index (χ0n) is 11.9. The number of ether oxygens (including phenoxy) is 1. The maximum Gasteiger partial charge on any atom is 0.408 e. The lowest BCUT2D eigenvalue weighted by Crippen LogP contribution is -2.46. The number of amides is 1. The molecule has 0 saturated carbocycles. The van der Waals surface area contributed by atoms with Crippen LogP contribution in [0.5, 0.6) is 0 Å². The van der Waals surface area contributed by atoms with Gasteiger partial charge in [0.25, 0.3) is 0 Å². The molecule has 114 valence electrons. The molecule has 22 heavy (non-hydrogen) atoms. The minimum atomic E-state index is -0.991. The van der Waals surface area contributed by atoms with Gasteiger partial charge in [-0.1, -0.05) is 54.1 Å². The van der Waals surface area contributed by atoms with Gasteiger partial charge in [-0.25, -0.2) is 4.79 Å². The van der Waals surface area contributed by atoms with Gasteiger partial charge in [0, 0.05) is 5.56 Å². The van der Waals surface area contributed by atoms with Crippen molar-refractivity contribution in [3.8, 4) is 0 Å². The van der Waals surface area contributed by atoms with Crippen molar-refractivity contribution in [1.29, 1.82) is 0 Å². The number of carbonyl (C=O) groups excluding carboxylic acids is 2. The van der Waals surface area contributed by atoms with E-state index < -0.39 is 12.3 Å². The van der Waals surface area contributed by atoms with Crippen molar-refractivity contribution in [2.75, 3.05) is 12.4 Å². The molecule has 0 spiro atoms.